The van der Waals surface area contributed by atoms with E-state index in [-0.39, 0.29) is 17.7 Å². The highest BCUT2D eigenvalue weighted by molar-refractivity contribution is 6.00. The molecule has 0 bridgehead atoms. The summed E-state index contributed by atoms with van der Waals surface area (Å²) in [5.41, 5.74) is 1.53. The molecule has 0 atom stereocenters. The number of anilines is 1. The summed E-state index contributed by atoms with van der Waals surface area (Å²) in [5.74, 6) is -0.114. The van der Waals surface area contributed by atoms with E-state index in [2.05, 4.69) is 10.6 Å². The highest BCUT2D eigenvalue weighted by Crippen LogP contribution is 2.37. The van der Waals surface area contributed by atoms with Crippen LogP contribution in [0.15, 0.2) is 54.6 Å². The average molecular weight is 405 g/mol. The van der Waals surface area contributed by atoms with E-state index in [1.807, 2.05) is 30.3 Å². The van der Waals surface area contributed by atoms with E-state index in [0.717, 1.165) is 18.4 Å². The second kappa shape index (κ2) is 8.30. The zero-order valence-corrected chi connectivity index (χ0v) is 17.2. The van der Waals surface area contributed by atoms with Gasteiger partial charge >= 0.3 is 0 Å². The second-order valence-electron chi connectivity index (χ2n) is 8.23. The average Bonchev–Trinajstić information content (AvgIpc) is 3.58. The summed E-state index contributed by atoms with van der Waals surface area (Å²) in [5, 5.41) is 6.00. The molecule has 2 aromatic carbocycles. The summed E-state index contributed by atoms with van der Waals surface area (Å²) in [7, 11) is 0. The van der Waals surface area contributed by atoms with Crippen molar-refractivity contribution in [1.82, 2.24) is 10.2 Å². The first-order chi connectivity index (χ1) is 14.5. The Kier molecular flexibility index (Phi) is 5.57. The van der Waals surface area contributed by atoms with Crippen molar-refractivity contribution in [3.05, 3.63) is 65.7 Å². The van der Waals surface area contributed by atoms with Crippen LogP contribution < -0.4 is 10.6 Å². The van der Waals surface area contributed by atoms with Crippen molar-refractivity contribution in [3.8, 4) is 0 Å². The molecular formula is C24H27N3O3. The molecular weight excluding hydrogens is 378 g/mol. The van der Waals surface area contributed by atoms with Crippen molar-refractivity contribution in [3.63, 3.8) is 0 Å². The summed E-state index contributed by atoms with van der Waals surface area (Å²) in [6, 6.07) is 17.1. The summed E-state index contributed by atoms with van der Waals surface area (Å²) in [6.45, 7) is 2.67. The minimum Gasteiger partial charge on any atom is -0.349 e. The number of likely N-dealkylation sites (tertiary alicyclic amines) is 1. The van der Waals surface area contributed by atoms with Gasteiger partial charge in [0.25, 0.3) is 5.91 Å². The Morgan fingerprint density at radius 3 is 2.13 bits per heavy atom. The minimum absolute atomic E-state index is 0.0390. The molecule has 6 heteroatoms. The summed E-state index contributed by atoms with van der Waals surface area (Å²) >= 11 is 0. The number of hydrogen-bond acceptors (Lipinski definition) is 3. The molecule has 1 saturated carbocycles. The zero-order chi connectivity index (χ0) is 21.1. The van der Waals surface area contributed by atoms with E-state index in [1.54, 1.807) is 36.1 Å². The molecule has 0 aromatic heterocycles. The lowest BCUT2D eigenvalue weighted by atomic mass is 9.72. The largest absolute Gasteiger partial charge is 0.349 e. The Labute approximate surface area is 176 Å². The standard InChI is InChI=1S/C24H27N3O3/c1-17(28)27-15-13-24(14-16-27,19-5-3-2-4-6-19)23(30)26-21-9-7-18(8-10-21)22(29)25-20-11-12-20/h2-10,20H,11-16H2,1H3,(H,25,29)(H,26,30). The molecule has 0 radical (unpaired) electrons. The monoisotopic (exact) mass is 405 g/mol. The third kappa shape index (κ3) is 4.22. The Morgan fingerprint density at radius 1 is 0.933 bits per heavy atom. The lowest BCUT2D eigenvalue weighted by Crippen LogP contribution is -2.50. The molecule has 156 valence electrons. The molecule has 0 unspecified atom stereocenters. The van der Waals surface area contributed by atoms with Crippen LogP contribution >= 0.6 is 0 Å². The fraction of sp³-hybridized carbons (Fsp3) is 0.375. The van der Waals surface area contributed by atoms with Crippen molar-refractivity contribution < 1.29 is 14.4 Å². The SMILES string of the molecule is CC(=O)N1CCC(C(=O)Nc2ccc(C(=O)NC3CC3)cc2)(c2ccccc2)CC1. The lowest BCUT2D eigenvalue weighted by molar-refractivity contribution is -0.133. The van der Waals surface area contributed by atoms with Crippen molar-refractivity contribution in [2.24, 2.45) is 0 Å². The van der Waals surface area contributed by atoms with Crippen LogP contribution in [-0.2, 0) is 15.0 Å². The van der Waals surface area contributed by atoms with Crippen LogP contribution in [0.2, 0.25) is 0 Å². The minimum atomic E-state index is -0.685. The Bertz CT molecular complexity index is 928. The molecule has 2 aromatic rings. The first-order valence-electron chi connectivity index (χ1n) is 10.5. The maximum Gasteiger partial charge on any atom is 0.251 e. The van der Waals surface area contributed by atoms with Gasteiger partial charge in [-0.2, -0.15) is 0 Å². The van der Waals surface area contributed by atoms with Gasteiger partial charge in [0.05, 0.1) is 5.41 Å². The van der Waals surface area contributed by atoms with Crippen LogP contribution in [0.1, 0.15) is 48.5 Å². The highest BCUT2D eigenvalue weighted by Gasteiger charge is 2.43. The summed E-state index contributed by atoms with van der Waals surface area (Å²) < 4.78 is 0. The van der Waals surface area contributed by atoms with E-state index >= 15 is 0 Å². The molecule has 1 heterocycles. The van der Waals surface area contributed by atoms with Gasteiger partial charge in [0.15, 0.2) is 0 Å². The van der Waals surface area contributed by atoms with Gasteiger partial charge in [0.1, 0.15) is 0 Å². The van der Waals surface area contributed by atoms with Crippen LogP contribution in [0.5, 0.6) is 0 Å². The Balaban J connectivity index is 1.51. The maximum atomic E-state index is 13.4. The van der Waals surface area contributed by atoms with Crippen LogP contribution in [0.3, 0.4) is 0 Å². The van der Waals surface area contributed by atoms with Gasteiger partial charge < -0.3 is 15.5 Å². The fourth-order valence-corrected chi connectivity index (χ4v) is 4.06. The third-order valence-electron chi connectivity index (χ3n) is 6.14. The highest BCUT2D eigenvalue weighted by atomic mass is 16.2. The first kappa shape index (κ1) is 20.1. The predicted octanol–water partition coefficient (Wildman–Crippen LogP) is 3.10. The van der Waals surface area contributed by atoms with Gasteiger partial charge in [0.2, 0.25) is 11.8 Å². The molecule has 1 aliphatic heterocycles. The van der Waals surface area contributed by atoms with Crippen molar-refractivity contribution >= 4 is 23.4 Å². The van der Waals surface area contributed by atoms with Crippen LogP contribution in [0.4, 0.5) is 5.69 Å². The van der Waals surface area contributed by atoms with Crippen LogP contribution in [0.25, 0.3) is 0 Å². The molecule has 2 fully saturated rings. The molecule has 6 nitrogen and oxygen atoms in total. The molecule has 4 rings (SSSR count). The maximum absolute atomic E-state index is 13.4. The summed E-state index contributed by atoms with van der Waals surface area (Å²) in [4.78, 5) is 39.2. The van der Waals surface area contributed by atoms with Crippen molar-refractivity contribution in [2.45, 2.75) is 44.1 Å². The number of amides is 3. The fourth-order valence-electron chi connectivity index (χ4n) is 4.06. The number of nitrogens with zero attached hydrogens (tertiary/aromatic N) is 1. The number of benzene rings is 2. The topological polar surface area (TPSA) is 78.5 Å². The normalized spacial score (nSPS) is 17.8. The number of nitrogens with one attached hydrogen (secondary N) is 2. The Morgan fingerprint density at radius 2 is 1.57 bits per heavy atom. The molecule has 1 saturated heterocycles. The number of hydrogen-bond donors (Lipinski definition) is 2. The molecule has 3 amide bonds. The van der Waals surface area contributed by atoms with Gasteiger partial charge in [-0.05, 0) is 55.5 Å². The van der Waals surface area contributed by atoms with Crippen molar-refractivity contribution in [1.29, 1.82) is 0 Å². The van der Waals surface area contributed by atoms with E-state index in [1.165, 1.54) is 0 Å². The number of rotatable bonds is 5. The van der Waals surface area contributed by atoms with Gasteiger partial charge in [0, 0.05) is 37.3 Å². The quantitative estimate of drug-likeness (QED) is 0.802. The number of piperidine rings is 1. The van der Waals surface area contributed by atoms with Gasteiger partial charge in [-0.3, -0.25) is 14.4 Å². The zero-order valence-electron chi connectivity index (χ0n) is 17.2. The second-order valence-corrected chi connectivity index (χ2v) is 8.23. The lowest BCUT2D eigenvalue weighted by Gasteiger charge is -2.40. The van der Waals surface area contributed by atoms with E-state index in [0.29, 0.717) is 43.2 Å². The predicted molar refractivity (Wildman–Crippen MR) is 115 cm³/mol. The summed E-state index contributed by atoms with van der Waals surface area (Å²) in [6.07, 6.45) is 3.24. The van der Waals surface area contributed by atoms with E-state index < -0.39 is 5.41 Å². The van der Waals surface area contributed by atoms with Gasteiger partial charge in [-0.1, -0.05) is 30.3 Å². The molecule has 0 spiro atoms. The van der Waals surface area contributed by atoms with Gasteiger partial charge in [-0.25, -0.2) is 0 Å². The Hall–Kier alpha value is -3.15. The van der Waals surface area contributed by atoms with Gasteiger partial charge in [-0.15, -0.1) is 0 Å². The smallest absolute Gasteiger partial charge is 0.251 e. The first-order valence-corrected chi connectivity index (χ1v) is 10.5. The molecule has 2 aliphatic rings. The number of carbonyl (C=O) groups is 3. The molecule has 2 N–H and O–H groups in total. The third-order valence-corrected chi connectivity index (χ3v) is 6.14. The molecule has 1 aliphatic carbocycles. The van der Waals surface area contributed by atoms with Crippen LogP contribution in [0, 0.1) is 0 Å². The van der Waals surface area contributed by atoms with E-state index in [9.17, 15) is 14.4 Å². The number of carbonyl (C=O) groups excluding carboxylic acids is 3. The van der Waals surface area contributed by atoms with Crippen LogP contribution in [-0.4, -0.2) is 41.8 Å². The van der Waals surface area contributed by atoms with E-state index in [4.69, 9.17) is 0 Å². The molecule has 30 heavy (non-hydrogen) atoms. The van der Waals surface area contributed by atoms with Crippen molar-refractivity contribution in [2.75, 3.05) is 18.4 Å².